The molecule has 0 saturated carbocycles. The molecule has 1 N–H and O–H groups in total. The van der Waals surface area contributed by atoms with Crippen molar-refractivity contribution in [1.29, 1.82) is 0 Å². The molecule has 0 fully saturated rings. The van der Waals surface area contributed by atoms with E-state index in [-0.39, 0.29) is 39.5 Å². The molecule has 2 aromatic rings. The molecular weight excluding hydrogens is 296 g/mol. The van der Waals surface area contributed by atoms with Crippen LogP contribution in [0.15, 0.2) is 36.4 Å². The lowest BCUT2D eigenvalue weighted by Crippen LogP contribution is -2.25. The second-order valence-electron chi connectivity index (χ2n) is 5.41. The van der Waals surface area contributed by atoms with Crippen LogP contribution in [0.2, 0.25) is 0 Å². The van der Waals surface area contributed by atoms with Crippen LogP contribution < -0.4 is 4.74 Å². The highest BCUT2D eigenvalue weighted by Crippen LogP contribution is 2.38. The number of carbonyl (C=O) groups is 3. The van der Waals surface area contributed by atoms with Crippen LogP contribution in [0.25, 0.3) is 0 Å². The van der Waals surface area contributed by atoms with Crippen LogP contribution in [-0.4, -0.2) is 28.6 Å². The number of fused-ring (bicyclic) bond motifs is 2. The molecule has 1 atom stereocenters. The van der Waals surface area contributed by atoms with E-state index in [1.807, 2.05) is 0 Å². The third-order valence-electron chi connectivity index (χ3n) is 3.89. The van der Waals surface area contributed by atoms with Crippen molar-refractivity contribution in [3.63, 3.8) is 0 Å². The summed E-state index contributed by atoms with van der Waals surface area (Å²) in [6.07, 6.45) is -0.760. The average Bonchev–Trinajstić information content (AvgIpc) is 2.54. The highest BCUT2D eigenvalue weighted by Gasteiger charge is 2.35. The van der Waals surface area contributed by atoms with Crippen LogP contribution in [-0.2, 0) is 4.79 Å². The largest absolute Gasteiger partial charge is 0.507 e. The van der Waals surface area contributed by atoms with Gasteiger partial charge in [-0.15, -0.1) is 0 Å². The number of benzene rings is 2. The lowest BCUT2D eigenvalue weighted by Gasteiger charge is -2.22. The fraction of sp³-hybridized carbons (Fsp3) is 0.167. The van der Waals surface area contributed by atoms with Crippen molar-refractivity contribution in [2.75, 3.05) is 0 Å². The fourth-order valence-electron chi connectivity index (χ4n) is 2.55. The maximum absolute atomic E-state index is 12.7. The number of ether oxygens (including phenoxy) is 1. The monoisotopic (exact) mass is 310 g/mol. The molecule has 5 heteroatoms. The third-order valence-corrected chi connectivity index (χ3v) is 3.89. The van der Waals surface area contributed by atoms with Crippen LogP contribution in [0.1, 0.15) is 45.7 Å². The molecule has 1 unspecified atom stereocenters. The zero-order valence-electron chi connectivity index (χ0n) is 12.6. The number of aromatic hydroxyl groups is 1. The lowest BCUT2D eigenvalue weighted by molar-refractivity contribution is -0.122. The van der Waals surface area contributed by atoms with Gasteiger partial charge in [0.2, 0.25) is 0 Å². The maximum atomic E-state index is 12.7. The zero-order valence-corrected chi connectivity index (χ0v) is 12.6. The van der Waals surface area contributed by atoms with Gasteiger partial charge in [-0.2, -0.15) is 0 Å². The van der Waals surface area contributed by atoms with Crippen LogP contribution in [0.3, 0.4) is 0 Å². The first-order valence-corrected chi connectivity index (χ1v) is 7.13. The molecule has 0 amide bonds. The van der Waals surface area contributed by atoms with Gasteiger partial charge in [0.25, 0.3) is 0 Å². The first-order chi connectivity index (χ1) is 10.9. The summed E-state index contributed by atoms with van der Waals surface area (Å²) in [6.45, 7) is 2.93. The molecule has 5 nitrogen and oxygen atoms in total. The highest BCUT2D eigenvalue weighted by molar-refractivity contribution is 6.30. The highest BCUT2D eigenvalue weighted by atomic mass is 16.5. The number of carbonyl (C=O) groups excluding carboxylic acids is 3. The minimum atomic E-state index is -0.760. The van der Waals surface area contributed by atoms with Crippen LogP contribution in [0.4, 0.5) is 0 Å². The van der Waals surface area contributed by atoms with E-state index < -0.39 is 17.7 Å². The van der Waals surface area contributed by atoms with Crippen molar-refractivity contribution in [1.82, 2.24) is 0 Å². The van der Waals surface area contributed by atoms with Gasteiger partial charge in [0.1, 0.15) is 11.5 Å². The fourth-order valence-corrected chi connectivity index (χ4v) is 2.55. The van der Waals surface area contributed by atoms with E-state index in [1.54, 1.807) is 31.2 Å². The molecule has 0 heterocycles. The van der Waals surface area contributed by atoms with E-state index in [0.29, 0.717) is 0 Å². The Balaban J connectivity index is 2.21. The zero-order chi connectivity index (χ0) is 16.7. The molecule has 2 aromatic carbocycles. The van der Waals surface area contributed by atoms with Gasteiger partial charge < -0.3 is 9.84 Å². The number of phenols is 1. The number of hydrogen-bond acceptors (Lipinski definition) is 5. The summed E-state index contributed by atoms with van der Waals surface area (Å²) in [5, 5.41) is 10.0. The van der Waals surface area contributed by atoms with E-state index in [2.05, 4.69) is 0 Å². The number of ketones is 3. The van der Waals surface area contributed by atoms with Gasteiger partial charge in [0, 0.05) is 11.1 Å². The quantitative estimate of drug-likeness (QED) is 0.804. The first-order valence-electron chi connectivity index (χ1n) is 7.13. The number of phenolic OH excluding ortho intramolecular Hbond substituents is 1. The van der Waals surface area contributed by atoms with E-state index in [1.165, 1.54) is 19.1 Å². The van der Waals surface area contributed by atoms with Gasteiger partial charge in [-0.05, 0) is 26.0 Å². The predicted molar refractivity (Wildman–Crippen MR) is 82.2 cm³/mol. The Labute approximate surface area is 132 Å². The number of rotatable bonds is 3. The molecule has 0 aromatic heterocycles. The first kappa shape index (κ1) is 15.0. The van der Waals surface area contributed by atoms with Gasteiger partial charge in [0.05, 0.1) is 11.1 Å². The second kappa shape index (κ2) is 5.35. The van der Waals surface area contributed by atoms with Crippen molar-refractivity contribution in [3.8, 4) is 11.5 Å². The Kier molecular flexibility index (Phi) is 3.48. The number of Topliss-reactive ketones (excluding diaryl/α,β-unsaturated/α-hetero) is 1. The van der Waals surface area contributed by atoms with Crippen molar-refractivity contribution >= 4 is 17.3 Å². The Bertz CT molecular complexity index is 850. The molecule has 0 aliphatic heterocycles. The van der Waals surface area contributed by atoms with Crippen molar-refractivity contribution in [2.45, 2.75) is 20.0 Å². The molecule has 0 radical (unpaired) electrons. The third kappa shape index (κ3) is 2.30. The minimum Gasteiger partial charge on any atom is -0.507 e. The van der Waals surface area contributed by atoms with E-state index >= 15 is 0 Å². The minimum absolute atomic E-state index is 0.00167. The normalized spacial score (nSPS) is 14.0. The summed E-state index contributed by atoms with van der Waals surface area (Å²) in [4.78, 5) is 36.8. The standard InChI is InChI=1S/C18H14O5/c1-9(19)10(2)23-14-8-7-13(20)15-16(14)18(22)12-6-4-3-5-11(12)17(15)21/h3-8,10,20H,1-2H3. The Morgan fingerprint density at radius 2 is 1.57 bits per heavy atom. The topological polar surface area (TPSA) is 80.7 Å². The Morgan fingerprint density at radius 1 is 1.00 bits per heavy atom. The predicted octanol–water partition coefficient (Wildman–Crippen LogP) is 2.52. The Morgan fingerprint density at radius 3 is 2.13 bits per heavy atom. The second-order valence-corrected chi connectivity index (χ2v) is 5.41. The maximum Gasteiger partial charge on any atom is 0.198 e. The summed E-state index contributed by atoms with van der Waals surface area (Å²) in [5.41, 5.74) is 0.428. The summed E-state index contributed by atoms with van der Waals surface area (Å²) in [7, 11) is 0. The van der Waals surface area contributed by atoms with Gasteiger partial charge in [-0.3, -0.25) is 14.4 Å². The number of hydrogen-bond donors (Lipinski definition) is 1. The van der Waals surface area contributed by atoms with Gasteiger partial charge in [-0.25, -0.2) is 0 Å². The van der Waals surface area contributed by atoms with E-state index in [0.717, 1.165) is 0 Å². The van der Waals surface area contributed by atoms with Gasteiger partial charge in [0.15, 0.2) is 23.5 Å². The molecular formula is C18H14O5. The van der Waals surface area contributed by atoms with Gasteiger partial charge in [-0.1, -0.05) is 24.3 Å². The van der Waals surface area contributed by atoms with Crippen molar-refractivity contribution in [2.24, 2.45) is 0 Å². The van der Waals surface area contributed by atoms with E-state index in [4.69, 9.17) is 4.74 Å². The summed E-state index contributed by atoms with van der Waals surface area (Å²) in [6, 6.07) is 9.11. The van der Waals surface area contributed by atoms with Gasteiger partial charge >= 0.3 is 0 Å². The van der Waals surface area contributed by atoms with Crippen molar-refractivity contribution < 1.29 is 24.2 Å². The lowest BCUT2D eigenvalue weighted by atomic mass is 9.83. The average molecular weight is 310 g/mol. The summed E-state index contributed by atoms with van der Waals surface area (Å²) >= 11 is 0. The molecule has 1 aliphatic carbocycles. The molecule has 0 saturated heterocycles. The smallest absolute Gasteiger partial charge is 0.198 e. The van der Waals surface area contributed by atoms with Crippen LogP contribution in [0.5, 0.6) is 11.5 Å². The SMILES string of the molecule is CC(=O)C(C)Oc1ccc(O)c2c1C(=O)c1ccccc1C2=O. The summed E-state index contributed by atoms with van der Waals surface area (Å²) < 4.78 is 5.53. The van der Waals surface area contributed by atoms with E-state index in [9.17, 15) is 19.5 Å². The molecule has 3 rings (SSSR count). The molecule has 0 bridgehead atoms. The van der Waals surface area contributed by atoms with Crippen LogP contribution >= 0.6 is 0 Å². The molecule has 116 valence electrons. The summed E-state index contributed by atoms with van der Waals surface area (Å²) in [5.74, 6) is -1.21. The Hall–Kier alpha value is -2.95. The van der Waals surface area contributed by atoms with Crippen molar-refractivity contribution in [3.05, 3.63) is 58.7 Å². The molecule has 0 spiro atoms. The van der Waals surface area contributed by atoms with Crippen LogP contribution in [0, 0.1) is 0 Å². The molecule has 1 aliphatic rings. The molecule has 23 heavy (non-hydrogen) atoms.